The summed E-state index contributed by atoms with van der Waals surface area (Å²) in [6, 6.07) is 19.0. The highest BCUT2D eigenvalue weighted by molar-refractivity contribution is 5.88. The fourth-order valence-corrected chi connectivity index (χ4v) is 3.90. The fourth-order valence-electron chi connectivity index (χ4n) is 3.90. The predicted octanol–water partition coefficient (Wildman–Crippen LogP) is 3.49. The molecule has 0 saturated carbocycles. The van der Waals surface area contributed by atoms with Crippen LogP contribution < -0.4 is 10.6 Å². The number of nitrogens with zero attached hydrogens (tertiary/aromatic N) is 1. The molecule has 0 atom stereocenters. The van der Waals surface area contributed by atoms with E-state index >= 15 is 0 Å². The number of hydrogen-bond acceptors (Lipinski definition) is 5. The monoisotopic (exact) mass is 457 g/mol. The molecule has 172 valence electrons. The molecule has 1 aliphatic rings. The number of fused-ring (bicyclic) bond motifs is 3. The lowest BCUT2D eigenvalue weighted by atomic mass is 9.98. The largest absolute Gasteiger partial charge is 0.478 e. The Hall–Kier alpha value is -4.46. The van der Waals surface area contributed by atoms with Gasteiger partial charge in [-0.05, 0) is 34.4 Å². The molecule has 0 saturated heterocycles. The second-order valence-electron chi connectivity index (χ2n) is 7.67. The number of rotatable bonds is 8. The van der Waals surface area contributed by atoms with Crippen LogP contribution in [0.15, 0.2) is 79.0 Å². The minimum atomic E-state index is -1.06. The number of amides is 2. The van der Waals surface area contributed by atoms with E-state index in [1.54, 1.807) is 0 Å². The Morgan fingerprint density at radius 2 is 1.65 bits per heavy atom. The van der Waals surface area contributed by atoms with Crippen LogP contribution in [-0.4, -0.2) is 41.2 Å². The Bertz CT molecular complexity index is 1210. The van der Waals surface area contributed by atoms with Crippen LogP contribution in [-0.2, 0) is 16.1 Å². The lowest BCUT2D eigenvalue weighted by Gasteiger charge is -2.14. The normalized spacial score (nSPS) is 12.1. The fraction of sp³-hybridized carbons (Fsp3) is 0.154. The van der Waals surface area contributed by atoms with E-state index in [2.05, 4.69) is 39.9 Å². The Morgan fingerprint density at radius 1 is 0.971 bits per heavy atom. The maximum atomic E-state index is 12.1. The van der Waals surface area contributed by atoms with Gasteiger partial charge in [0.1, 0.15) is 6.61 Å². The molecule has 2 aromatic carbocycles. The van der Waals surface area contributed by atoms with Crippen molar-refractivity contribution in [1.82, 2.24) is 15.6 Å². The molecule has 3 N–H and O–H groups in total. The van der Waals surface area contributed by atoms with Crippen molar-refractivity contribution in [3.63, 3.8) is 0 Å². The van der Waals surface area contributed by atoms with Crippen LogP contribution in [0.1, 0.15) is 33.1 Å². The highest BCUT2D eigenvalue weighted by atomic mass is 16.5. The lowest BCUT2D eigenvalue weighted by molar-refractivity contribution is -0.116. The van der Waals surface area contributed by atoms with Crippen molar-refractivity contribution in [2.24, 2.45) is 0 Å². The van der Waals surface area contributed by atoms with Gasteiger partial charge in [0, 0.05) is 24.7 Å². The van der Waals surface area contributed by atoms with Gasteiger partial charge in [0.2, 0.25) is 5.91 Å². The molecule has 4 rings (SSSR count). The van der Waals surface area contributed by atoms with Crippen LogP contribution in [0.4, 0.5) is 4.79 Å². The van der Waals surface area contributed by atoms with Gasteiger partial charge in [-0.1, -0.05) is 54.6 Å². The van der Waals surface area contributed by atoms with Crippen molar-refractivity contribution in [3.05, 3.63) is 101 Å². The minimum Gasteiger partial charge on any atom is -0.478 e. The maximum Gasteiger partial charge on any atom is 0.407 e. The summed E-state index contributed by atoms with van der Waals surface area (Å²) < 4.78 is 5.44. The van der Waals surface area contributed by atoms with Gasteiger partial charge in [-0.15, -0.1) is 0 Å². The van der Waals surface area contributed by atoms with Crippen LogP contribution in [0.3, 0.4) is 0 Å². The van der Waals surface area contributed by atoms with Crippen molar-refractivity contribution in [3.8, 4) is 11.1 Å². The summed E-state index contributed by atoms with van der Waals surface area (Å²) >= 11 is 0. The topological polar surface area (TPSA) is 118 Å². The molecule has 3 aromatic rings. The predicted molar refractivity (Wildman–Crippen MR) is 125 cm³/mol. The zero-order valence-electron chi connectivity index (χ0n) is 18.2. The zero-order chi connectivity index (χ0) is 23.9. The van der Waals surface area contributed by atoms with Gasteiger partial charge in [-0.2, -0.15) is 0 Å². The molecule has 0 bridgehead atoms. The SMILES string of the molecule is O=C(/C=C/CNC(=O)OCC1c2ccccc2-c2ccccc21)NCc1cc(C(=O)O)ccn1. The Kier molecular flexibility index (Phi) is 6.98. The molecule has 8 nitrogen and oxygen atoms in total. The molecular weight excluding hydrogens is 434 g/mol. The summed E-state index contributed by atoms with van der Waals surface area (Å²) in [6.45, 7) is 0.424. The highest BCUT2D eigenvalue weighted by Gasteiger charge is 2.28. The molecular formula is C26H23N3O5. The molecule has 0 spiro atoms. The Labute approximate surface area is 196 Å². The molecule has 8 heteroatoms. The van der Waals surface area contributed by atoms with E-state index in [-0.39, 0.29) is 31.2 Å². The Morgan fingerprint density at radius 3 is 2.32 bits per heavy atom. The number of pyridine rings is 1. The number of nitrogens with one attached hydrogen (secondary N) is 2. The quantitative estimate of drug-likeness (QED) is 0.446. The summed E-state index contributed by atoms with van der Waals surface area (Å²) in [7, 11) is 0. The second kappa shape index (κ2) is 10.4. The third kappa shape index (κ3) is 5.29. The Balaban J connectivity index is 1.22. The summed E-state index contributed by atoms with van der Waals surface area (Å²) in [5, 5.41) is 14.2. The third-order valence-electron chi connectivity index (χ3n) is 5.48. The van der Waals surface area contributed by atoms with Gasteiger partial charge in [0.15, 0.2) is 0 Å². The smallest absolute Gasteiger partial charge is 0.407 e. The summed E-state index contributed by atoms with van der Waals surface area (Å²) in [5.41, 5.74) is 5.12. The minimum absolute atomic E-state index is 0.0206. The van der Waals surface area contributed by atoms with Crippen LogP contribution >= 0.6 is 0 Å². The highest BCUT2D eigenvalue weighted by Crippen LogP contribution is 2.44. The number of carbonyl (C=O) groups excluding carboxylic acids is 2. The summed E-state index contributed by atoms with van der Waals surface area (Å²) in [4.78, 5) is 39.1. The number of carbonyl (C=O) groups is 3. The van der Waals surface area contributed by atoms with Gasteiger partial charge in [0.25, 0.3) is 0 Å². The van der Waals surface area contributed by atoms with Crippen molar-refractivity contribution in [2.75, 3.05) is 13.2 Å². The van der Waals surface area contributed by atoms with Crippen LogP contribution in [0, 0.1) is 0 Å². The van der Waals surface area contributed by atoms with Crippen molar-refractivity contribution in [1.29, 1.82) is 0 Å². The number of ether oxygens (including phenoxy) is 1. The van der Waals surface area contributed by atoms with E-state index in [0.717, 1.165) is 22.3 Å². The van der Waals surface area contributed by atoms with Gasteiger partial charge in [0.05, 0.1) is 17.8 Å². The standard InChI is InChI=1S/C26H23N3O5/c30-24(29-15-18-14-17(25(31)32)11-13-27-18)10-5-12-28-26(33)34-16-23-21-8-3-1-6-19(21)20-7-2-4-9-22(20)23/h1-11,13-14,23H,12,15-16H2,(H,28,33)(H,29,30)(H,31,32)/b10-5+. The van der Waals surface area contributed by atoms with E-state index in [1.165, 1.54) is 30.5 Å². The first-order valence-corrected chi connectivity index (χ1v) is 10.7. The molecule has 34 heavy (non-hydrogen) atoms. The van der Waals surface area contributed by atoms with E-state index in [9.17, 15) is 14.4 Å². The first-order chi connectivity index (χ1) is 16.5. The number of carboxylic acids is 1. The molecule has 0 unspecified atom stereocenters. The van der Waals surface area contributed by atoms with Gasteiger partial charge >= 0.3 is 12.1 Å². The van der Waals surface area contributed by atoms with Gasteiger partial charge in [-0.25, -0.2) is 9.59 Å². The van der Waals surface area contributed by atoms with E-state index in [0.29, 0.717) is 5.69 Å². The number of aromatic nitrogens is 1. The zero-order valence-corrected chi connectivity index (χ0v) is 18.2. The molecule has 1 heterocycles. The molecule has 1 aromatic heterocycles. The van der Waals surface area contributed by atoms with E-state index in [4.69, 9.17) is 9.84 Å². The number of benzene rings is 2. The maximum absolute atomic E-state index is 12.1. The van der Waals surface area contributed by atoms with Crippen molar-refractivity contribution >= 4 is 18.0 Å². The van der Waals surface area contributed by atoms with Gasteiger partial charge in [-0.3, -0.25) is 9.78 Å². The average Bonchev–Trinajstić information content (AvgIpc) is 3.18. The number of carboxylic acid groups (broad SMARTS) is 1. The first kappa shape index (κ1) is 22.7. The van der Waals surface area contributed by atoms with Crippen LogP contribution in [0.2, 0.25) is 0 Å². The second-order valence-corrected chi connectivity index (χ2v) is 7.67. The molecule has 2 amide bonds. The van der Waals surface area contributed by atoms with Crippen LogP contribution in [0.25, 0.3) is 11.1 Å². The molecule has 0 fully saturated rings. The summed E-state index contributed by atoms with van der Waals surface area (Å²) in [6.07, 6.45) is 3.59. The number of hydrogen-bond donors (Lipinski definition) is 3. The summed E-state index contributed by atoms with van der Waals surface area (Å²) in [5.74, 6) is -1.47. The number of aromatic carboxylic acids is 1. The first-order valence-electron chi connectivity index (χ1n) is 10.7. The van der Waals surface area contributed by atoms with Gasteiger partial charge < -0.3 is 20.5 Å². The van der Waals surface area contributed by atoms with E-state index in [1.807, 2.05) is 24.3 Å². The van der Waals surface area contributed by atoms with Crippen LogP contribution in [0.5, 0.6) is 0 Å². The van der Waals surface area contributed by atoms with Crippen molar-refractivity contribution < 1.29 is 24.2 Å². The average molecular weight is 457 g/mol. The molecule has 1 aliphatic carbocycles. The lowest BCUT2D eigenvalue weighted by Crippen LogP contribution is -2.26. The number of alkyl carbamates (subject to hydrolysis) is 1. The molecule has 0 radical (unpaired) electrons. The molecule has 0 aliphatic heterocycles. The van der Waals surface area contributed by atoms with Crippen molar-refractivity contribution in [2.45, 2.75) is 12.5 Å². The third-order valence-corrected chi connectivity index (χ3v) is 5.48. The van der Waals surface area contributed by atoms with E-state index < -0.39 is 18.0 Å².